The van der Waals surface area contributed by atoms with Crippen molar-refractivity contribution in [3.8, 4) is 5.75 Å². The molecule has 0 N–H and O–H groups in total. The Kier molecular flexibility index (Phi) is 3.61. The van der Waals surface area contributed by atoms with Crippen LogP contribution in [0.5, 0.6) is 5.75 Å². The van der Waals surface area contributed by atoms with Crippen LogP contribution in [0.4, 0.5) is 0 Å². The highest BCUT2D eigenvalue weighted by atomic mass is 16.6. The molecule has 2 rings (SSSR count). The zero-order valence-electron chi connectivity index (χ0n) is 10.6. The summed E-state index contributed by atoms with van der Waals surface area (Å²) in [6.45, 7) is 0. The minimum Gasteiger partial charge on any atom is -0.497 e. The van der Waals surface area contributed by atoms with Crippen molar-refractivity contribution in [3.05, 3.63) is 57.9 Å². The summed E-state index contributed by atoms with van der Waals surface area (Å²) >= 11 is 0. The number of aromatic nitrogens is 2. The Morgan fingerprint density at radius 1 is 1.42 bits per heavy atom. The largest absolute Gasteiger partial charge is 0.497 e. The third-order valence-corrected chi connectivity index (χ3v) is 2.61. The number of rotatable bonds is 4. The van der Waals surface area contributed by atoms with Crippen molar-refractivity contribution in [2.75, 3.05) is 7.11 Å². The van der Waals surface area contributed by atoms with Gasteiger partial charge in [-0.2, -0.15) is 5.10 Å². The molecule has 1 aromatic carbocycles. The molecule has 0 radical (unpaired) electrons. The molecule has 0 fully saturated rings. The second-order valence-electron chi connectivity index (χ2n) is 3.96. The van der Waals surface area contributed by atoms with Crippen LogP contribution in [0.2, 0.25) is 0 Å². The fourth-order valence-electron chi connectivity index (χ4n) is 1.68. The first-order valence-electron chi connectivity index (χ1n) is 5.59. The van der Waals surface area contributed by atoms with Gasteiger partial charge in [0, 0.05) is 24.9 Å². The molecule has 6 heteroatoms. The lowest BCUT2D eigenvalue weighted by Gasteiger charge is -2.01. The molecule has 0 aliphatic heterocycles. The van der Waals surface area contributed by atoms with Crippen molar-refractivity contribution in [2.45, 2.75) is 0 Å². The molecule has 0 saturated carbocycles. The maximum absolute atomic E-state index is 11.1. The van der Waals surface area contributed by atoms with Gasteiger partial charge in [0.25, 0.3) is 5.70 Å². The lowest BCUT2D eigenvalue weighted by molar-refractivity contribution is -0.374. The van der Waals surface area contributed by atoms with Gasteiger partial charge in [-0.1, -0.05) is 0 Å². The van der Waals surface area contributed by atoms with E-state index >= 15 is 0 Å². The van der Waals surface area contributed by atoms with Gasteiger partial charge in [-0.25, -0.2) is 0 Å². The quantitative estimate of drug-likeness (QED) is 0.623. The van der Waals surface area contributed by atoms with Crippen LogP contribution in [0.25, 0.3) is 11.8 Å². The van der Waals surface area contributed by atoms with E-state index in [2.05, 4.69) is 5.10 Å². The molecule has 1 heterocycles. The van der Waals surface area contributed by atoms with Crippen molar-refractivity contribution in [3.63, 3.8) is 0 Å². The standard InChI is InChI=1S/C13H13N3O3/c1-15-9-10(8-14-15)7-13(16(17)18)11-3-5-12(19-2)6-4-11/h3-9H,1-2H3/b13-7-. The van der Waals surface area contributed by atoms with Crippen LogP contribution in [-0.2, 0) is 7.05 Å². The van der Waals surface area contributed by atoms with Crippen LogP contribution in [0.3, 0.4) is 0 Å². The highest BCUT2D eigenvalue weighted by molar-refractivity contribution is 5.76. The van der Waals surface area contributed by atoms with E-state index in [1.807, 2.05) is 0 Å². The molecule has 0 bridgehead atoms. The van der Waals surface area contributed by atoms with Gasteiger partial charge in [-0.3, -0.25) is 14.8 Å². The molecular formula is C13H13N3O3. The van der Waals surface area contributed by atoms with Gasteiger partial charge >= 0.3 is 0 Å². The number of methoxy groups -OCH3 is 1. The second-order valence-corrected chi connectivity index (χ2v) is 3.96. The van der Waals surface area contributed by atoms with Crippen molar-refractivity contribution in [1.82, 2.24) is 9.78 Å². The summed E-state index contributed by atoms with van der Waals surface area (Å²) < 4.78 is 6.62. The average Bonchev–Trinajstić information content (AvgIpc) is 2.81. The Hall–Kier alpha value is -2.63. The topological polar surface area (TPSA) is 70.2 Å². The molecule has 6 nitrogen and oxygen atoms in total. The van der Waals surface area contributed by atoms with Crippen molar-refractivity contribution >= 4 is 11.8 Å². The Morgan fingerprint density at radius 2 is 2.11 bits per heavy atom. The van der Waals surface area contributed by atoms with Gasteiger partial charge in [-0.15, -0.1) is 0 Å². The molecule has 2 aromatic rings. The fraction of sp³-hybridized carbons (Fsp3) is 0.154. The monoisotopic (exact) mass is 259 g/mol. The van der Waals surface area contributed by atoms with E-state index in [1.165, 1.54) is 6.08 Å². The minimum atomic E-state index is -0.408. The van der Waals surface area contributed by atoms with Gasteiger partial charge in [-0.05, 0) is 24.3 Å². The lowest BCUT2D eigenvalue weighted by Crippen LogP contribution is -1.97. The van der Waals surface area contributed by atoms with E-state index in [9.17, 15) is 10.1 Å². The van der Waals surface area contributed by atoms with Gasteiger partial charge in [0.1, 0.15) is 5.75 Å². The first-order chi connectivity index (χ1) is 9.10. The Bertz CT molecular complexity index is 614. The molecule has 0 unspecified atom stereocenters. The summed E-state index contributed by atoms with van der Waals surface area (Å²) in [5.41, 5.74) is 1.23. The number of benzene rings is 1. The van der Waals surface area contributed by atoms with Crippen LogP contribution < -0.4 is 4.74 Å². The second kappa shape index (κ2) is 5.34. The average molecular weight is 259 g/mol. The van der Waals surface area contributed by atoms with Gasteiger partial charge in [0.15, 0.2) is 0 Å². The normalized spacial score (nSPS) is 11.4. The first kappa shape index (κ1) is 12.8. The predicted octanol–water partition coefficient (Wildman–Crippen LogP) is 2.20. The zero-order chi connectivity index (χ0) is 13.8. The Morgan fingerprint density at radius 3 is 2.58 bits per heavy atom. The van der Waals surface area contributed by atoms with E-state index in [-0.39, 0.29) is 5.70 Å². The lowest BCUT2D eigenvalue weighted by atomic mass is 10.1. The number of nitrogens with zero attached hydrogens (tertiary/aromatic N) is 3. The van der Waals surface area contributed by atoms with E-state index < -0.39 is 4.92 Å². The van der Waals surface area contributed by atoms with Crippen LogP contribution in [-0.4, -0.2) is 21.8 Å². The summed E-state index contributed by atoms with van der Waals surface area (Å²) in [4.78, 5) is 10.7. The third kappa shape index (κ3) is 2.98. The molecule has 0 spiro atoms. The molecule has 19 heavy (non-hydrogen) atoms. The molecule has 0 atom stereocenters. The van der Waals surface area contributed by atoms with Gasteiger partial charge in [0.05, 0.1) is 23.8 Å². The zero-order valence-corrected chi connectivity index (χ0v) is 10.6. The van der Waals surface area contributed by atoms with Gasteiger partial charge in [0.2, 0.25) is 0 Å². The van der Waals surface area contributed by atoms with Crippen molar-refractivity contribution < 1.29 is 9.66 Å². The minimum absolute atomic E-state index is 0.0238. The fourth-order valence-corrected chi connectivity index (χ4v) is 1.68. The molecule has 0 aliphatic rings. The molecule has 0 saturated heterocycles. The van der Waals surface area contributed by atoms with Crippen LogP contribution >= 0.6 is 0 Å². The molecule has 98 valence electrons. The third-order valence-electron chi connectivity index (χ3n) is 2.61. The SMILES string of the molecule is COc1ccc(/C(=C/c2cnn(C)c2)[N+](=O)[O-])cc1. The maximum atomic E-state index is 11.1. The molecule has 0 amide bonds. The smallest absolute Gasteiger partial charge is 0.277 e. The summed E-state index contributed by atoms with van der Waals surface area (Å²) in [5, 5.41) is 15.1. The number of hydrogen-bond donors (Lipinski definition) is 0. The van der Waals surface area contributed by atoms with Gasteiger partial charge < -0.3 is 4.74 Å². The van der Waals surface area contributed by atoms with Crippen LogP contribution in [0.15, 0.2) is 36.7 Å². The van der Waals surface area contributed by atoms with E-state index in [4.69, 9.17) is 4.74 Å². The summed E-state index contributed by atoms with van der Waals surface area (Å²) in [5.74, 6) is 0.660. The van der Waals surface area contributed by atoms with E-state index in [1.54, 1.807) is 55.5 Å². The summed E-state index contributed by atoms with van der Waals surface area (Å²) in [6.07, 6.45) is 4.79. The highest BCUT2D eigenvalue weighted by Crippen LogP contribution is 2.21. The highest BCUT2D eigenvalue weighted by Gasteiger charge is 2.14. The number of nitro groups is 1. The van der Waals surface area contributed by atoms with Crippen molar-refractivity contribution in [2.24, 2.45) is 7.05 Å². The molecule has 0 aliphatic carbocycles. The Balaban J connectivity index is 2.39. The molecule has 1 aromatic heterocycles. The predicted molar refractivity (Wildman–Crippen MR) is 71.1 cm³/mol. The number of aryl methyl sites for hydroxylation is 1. The van der Waals surface area contributed by atoms with Crippen LogP contribution in [0, 0.1) is 10.1 Å². The Labute approximate surface area is 110 Å². The maximum Gasteiger partial charge on any atom is 0.277 e. The summed E-state index contributed by atoms with van der Waals surface area (Å²) in [6, 6.07) is 6.69. The number of ether oxygens (including phenoxy) is 1. The first-order valence-corrected chi connectivity index (χ1v) is 5.59. The van der Waals surface area contributed by atoms with Crippen molar-refractivity contribution in [1.29, 1.82) is 0 Å². The van der Waals surface area contributed by atoms with E-state index in [0.29, 0.717) is 16.9 Å². The van der Waals surface area contributed by atoms with Crippen LogP contribution in [0.1, 0.15) is 11.1 Å². The molecular weight excluding hydrogens is 246 g/mol. The summed E-state index contributed by atoms with van der Waals surface area (Å²) in [7, 11) is 3.31. The van der Waals surface area contributed by atoms with E-state index in [0.717, 1.165) is 0 Å². The number of hydrogen-bond acceptors (Lipinski definition) is 4.